The summed E-state index contributed by atoms with van der Waals surface area (Å²) in [5.74, 6) is 0. The van der Waals surface area contributed by atoms with Gasteiger partial charge in [-0.3, -0.25) is 0 Å². The molecule has 0 aliphatic rings. The average Bonchev–Trinajstić information content (AvgIpc) is 2.63. The number of hydrogen-bond donors (Lipinski definition) is 1. The Hall–Kier alpha value is -0.710. The topological polar surface area (TPSA) is 38.9 Å². The molecule has 0 amide bonds. The molecular weight excluding hydrogens is 296 g/mol. The van der Waals surface area contributed by atoms with Gasteiger partial charge in [0.05, 0.1) is 5.01 Å². The minimum Gasteiger partial charge on any atom is -0.327 e. The Labute approximate surface area is 114 Å². The van der Waals surface area contributed by atoms with Gasteiger partial charge in [0, 0.05) is 21.6 Å². The highest BCUT2D eigenvalue weighted by Crippen LogP contribution is 2.16. The number of benzene rings is 1. The zero-order valence-corrected chi connectivity index (χ0v) is 12.1. The van der Waals surface area contributed by atoms with Crippen LogP contribution in [-0.2, 0) is 12.8 Å². The molecule has 17 heavy (non-hydrogen) atoms. The zero-order valence-electron chi connectivity index (χ0n) is 9.69. The fourth-order valence-electron chi connectivity index (χ4n) is 1.80. The molecular formula is C13H15BrN2S. The lowest BCUT2D eigenvalue weighted by atomic mass is 10.0. The maximum Gasteiger partial charge on any atom is 0.0896 e. The van der Waals surface area contributed by atoms with Crippen LogP contribution >= 0.6 is 27.3 Å². The lowest BCUT2D eigenvalue weighted by Gasteiger charge is -2.10. The zero-order chi connectivity index (χ0) is 12.3. The second-order valence-corrected chi connectivity index (χ2v) is 6.38. The normalized spacial score (nSPS) is 12.6. The molecule has 0 fully saturated rings. The van der Waals surface area contributed by atoms with E-state index in [4.69, 9.17) is 5.73 Å². The number of aromatic nitrogens is 1. The molecule has 0 saturated heterocycles. The second-order valence-electron chi connectivity index (χ2n) is 4.14. The van der Waals surface area contributed by atoms with E-state index in [1.807, 2.05) is 25.3 Å². The lowest BCUT2D eigenvalue weighted by molar-refractivity contribution is 0.670. The number of rotatable bonds is 4. The monoisotopic (exact) mass is 310 g/mol. The van der Waals surface area contributed by atoms with Gasteiger partial charge in [0.15, 0.2) is 0 Å². The van der Waals surface area contributed by atoms with Crippen LogP contribution in [0.2, 0.25) is 0 Å². The largest absolute Gasteiger partial charge is 0.327 e. The van der Waals surface area contributed by atoms with Gasteiger partial charge in [-0.25, -0.2) is 4.98 Å². The summed E-state index contributed by atoms with van der Waals surface area (Å²) >= 11 is 5.20. The number of hydrogen-bond acceptors (Lipinski definition) is 3. The van der Waals surface area contributed by atoms with Crippen molar-refractivity contribution in [2.24, 2.45) is 5.73 Å². The van der Waals surface area contributed by atoms with Gasteiger partial charge < -0.3 is 5.73 Å². The first-order chi connectivity index (χ1) is 8.13. The Kier molecular flexibility index (Phi) is 4.31. The molecule has 4 heteroatoms. The van der Waals surface area contributed by atoms with Crippen molar-refractivity contribution < 1.29 is 0 Å². The molecule has 0 aliphatic carbocycles. The molecule has 2 nitrogen and oxygen atoms in total. The quantitative estimate of drug-likeness (QED) is 0.940. The first kappa shape index (κ1) is 12.7. The molecule has 0 spiro atoms. The number of thiazole rings is 1. The Bertz CT molecular complexity index is 496. The molecule has 1 atom stereocenters. The summed E-state index contributed by atoms with van der Waals surface area (Å²) in [6, 6.07) is 8.47. The highest BCUT2D eigenvalue weighted by atomic mass is 79.9. The van der Waals surface area contributed by atoms with Gasteiger partial charge in [-0.2, -0.15) is 0 Å². The van der Waals surface area contributed by atoms with Crippen molar-refractivity contribution in [3.8, 4) is 0 Å². The fourth-order valence-corrected chi connectivity index (χ4v) is 3.13. The van der Waals surface area contributed by atoms with Gasteiger partial charge in [-0.1, -0.05) is 28.1 Å². The Balaban J connectivity index is 1.95. The molecule has 90 valence electrons. The maximum atomic E-state index is 6.16. The third-order valence-electron chi connectivity index (χ3n) is 2.52. The predicted octanol–water partition coefficient (Wildman–Crippen LogP) is 3.33. The maximum absolute atomic E-state index is 6.16. The summed E-state index contributed by atoms with van der Waals surface area (Å²) in [6.07, 6.45) is 3.73. The van der Waals surface area contributed by atoms with Crippen LogP contribution < -0.4 is 5.73 Å². The number of halogens is 1. The van der Waals surface area contributed by atoms with Crippen molar-refractivity contribution in [1.82, 2.24) is 4.98 Å². The molecule has 2 aromatic rings. The van der Waals surface area contributed by atoms with Crippen molar-refractivity contribution in [2.75, 3.05) is 0 Å². The predicted molar refractivity (Wildman–Crippen MR) is 76.4 cm³/mol. The van der Waals surface area contributed by atoms with Crippen LogP contribution in [0.5, 0.6) is 0 Å². The Morgan fingerprint density at radius 2 is 2.24 bits per heavy atom. The van der Waals surface area contributed by atoms with E-state index in [-0.39, 0.29) is 6.04 Å². The van der Waals surface area contributed by atoms with Gasteiger partial charge in [0.25, 0.3) is 0 Å². The van der Waals surface area contributed by atoms with Gasteiger partial charge >= 0.3 is 0 Å². The molecule has 2 rings (SSSR count). The summed E-state index contributed by atoms with van der Waals surface area (Å²) in [5.41, 5.74) is 7.43. The van der Waals surface area contributed by atoms with Crippen LogP contribution in [0, 0.1) is 6.92 Å². The Morgan fingerprint density at radius 1 is 1.41 bits per heavy atom. The molecule has 1 heterocycles. The van der Waals surface area contributed by atoms with E-state index in [0.717, 1.165) is 22.3 Å². The van der Waals surface area contributed by atoms with E-state index in [0.29, 0.717) is 0 Å². The molecule has 0 saturated carbocycles. The van der Waals surface area contributed by atoms with E-state index >= 15 is 0 Å². The number of aryl methyl sites for hydroxylation is 1. The SMILES string of the molecule is Cc1ncc(CC(N)Cc2cccc(Br)c2)s1. The van der Waals surface area contributed by atoms with Crippen molar-refractivity contribution in [1.29, 1.82) is 0 Å². The van der Waals surface area contributed by atoms with Gasteiger partial charge in [0.2, 0.25) is 0 Å². The van der Waals surface area contributed by atoms with Crippen molar-refractivity contribution in [3.05, 3.63) is 50.4 Å². The minimum absolute atomic E-state index is 0.157. The summed E-state index contributed by atoms with van der Waals surface area (Å²) in [5, 5.41) is 1.11. The standard InChI is InChI=1S/C13H15BrN2S/c1-9-16-8-13(17-9)7-12(15)6-10-3-2-4-11(14)5-10/h2-5,8,12H,6-7,15H2,1H3. The van der Waals surface area contributed by atoms with Gasteiger partial charge in [-0.05, 0) is 37.5 Å². The van der Waals surface area contributed by atoms with Crippen LogP contribution in [-0.4, -0.2) is 11.0 Å². The molecule has 0 aliphatic heterocycles. The lowest BCUT2D eigenvalue weighted by Crippen LogP contribution is -2.25. The number of nitrogens with two attached hydrogens (primary N) is 1. The summed E-state index contributed by atoms with van der Waals surface area (Å²) < 4.78 is 1.11. The summed E-state index contributed by atoms with van der Waals surface area (Å²) in [7, 11) is 0. The average molecular weight is 311 g/mol. The van der Waals surface area contributed by atoms with Gasteiger partial charge in [0.1, 0.15) is 0 Å². The van der Waals surface area contributed by atoms with Crippen LogP contribution in [0.1, 0.15) is 15.4 Å². The van der Waals surface area contributed by atoms with Crippen molar-refractivity contribution in [2.45, 2.75) is 25.8 Å². The fraction of sp³-hybridized carbons (Fsp3) is 0.308. The van der Waals surface area contributed by atoms with E-state index in [2.05, 4.69) is 33.0 Å². The highest BCUT2D eigenvalue weighted by Gasteiger charge is 2.07. The summed E-state index contributed by atoms with van der Waals surface area (Å²) in [6.45, 7) is 2.02. The summed E-state index contributed by atoms with van der Waals surface area (Å²) in [4.78, 5) is 5.51. The van der Waals surface area contributed by atoms with Crippen molar-refractivity contribution >= 4 is 27.3 Å². The van der Waals surface area contributed by atoms with Crippen LogP contribution in [0.25, 0.3) is 0 Å². The molecule has 0 bridgehead atoms. The van der Waals surface area contributed by atoms with Crippen LogP contribution in [0.3, 0.4) is 0 Å². The van der Waals surface area contributed by atoms with E-state index in [9.17, 15) is 0 Å². The van der Waals surface area contributed by atoms with Crippen LogP contribution in [0.4, 0.5) is 0 Å². The highest BCUT2D eigenvalue weighted by molar-refractivity contribution is 9.10. The van der Waals surface area contributed by atoms with Crippen molar-refractivity contribution in [3.63, 3.8) is 0 Å². The molecule has 0 radical (unpaired) electrons. The first-order valence-corrected chi connectivity index (χ1v) is 7.16. The second kappa shape index (κ2) is 5.76. The smallest absolute Gasteiger partial charge is 0.0896 e. The van der Waals surface area contributed by atoms with E-state index < -0.39 is 0 Å². The third kappa shape index (κ3) is 3.91. The molecule has 2 N–H and O–H groups in total. The van der Waals surface area contributed by atoms with E-state index in [1.54, 1.807) is 11.3 Å². The van der Waals surface area contributed by atoms with E-state index in [1.165, 1.54) is 10.4 Å². The first-order valence-electron chi connectivity index (χ1n) is 5.55. The molecule has 1 unspecified atom stereocenters. The van der Waals surface area contributed by atoms with Crippen LogP contribution in [0.15, 0.2) is 34.9 Å². The minimum atomic E-state index is 0.157. The Morgan fingerprint density at radius 3 is 2.88 bits per heavy atom. The third-order valence-corrected chi connectivity index (χ3v) is 3.95. The molecule has 1 aromatic carbocycles. The molecule has 1 aromatic heterocycles. The van der Waals surface area contributed by atoms with Gasteiger partial charge in [-0.15, -0.1) is 11.3 Å². The number of nitrogens with zero attached hydrogens (tertiary/aromatic N) is 1.